The van der Waals surface area contributed by atoms with Crippen LogP contribution >= 0.6 is 0 Å². The van der Waals surface area contributed by atoms with Crippen molar-refractivity contribution in [2.75, 3.05) is 0 Å². The van der Waals surface area contributed by atoms with E-state index < -0.39 is 17.4 Å². The van der Waals surface area contributed by atoms with Crippen LogP contribution in [0.1, 0.15) is 41.0 Å². The number of fused-ring (bicyclic) bond motifs is 2. The molecule has 2 aliphatic heterocycles. The number of hydrogen-bond donors (Lipinski definition) is 1. The van der Waals surface area contributed by atoms with Crippen LogP contribution in [0.4, 0.5) is 4.79 Å². The summed E-state index contributed by atoms with van der Waals surface area (Å²) in [5.74, 6) is -0.419. The number of ether oxygens (including phenoxy) is 2. The molecule has 1 amide bonds. The maximum Gasteiger partial charge on any atom is 0.410 e. The van der Waals surface area contributed by atoms with Gasteiger partial charge in [0.25, 0.3) is 0 Å². The molecule has 0 saturated carbocycles. The van der Waals surface area contributed by atoms with Gasteiger partial charge in [-0.3, -0.25) is 10.1 Å². The number of carbonyl (C=O) groups is 2. The molecule has 1 N–H and O–H groups in total. The predicted octanol–water partition coefficient (Wildman–Crippen LogP) is 2.41. The summed E-state index contributed by atoms with van der Waals surface area (Å²) in [5, 5.41) is 2.74. The van der Waals surface area contributed by atoms with Crippen molar-refractivity contribution in [3.8, 4) is 0 Å². The molecular formula is C15H23NO4. The van der Waals surface area contributed by atoms with Gasteiger partial charge in [0.15, 0.2) is 5.72 Å². The Hall–Kier alpha value is -1.36. The van der Waals surface area contributed by atoms with E-state index in [1.807, 2.05) is 19.9 Å². The third-order valence-electron chi connectivity index (χ3n) is 3.77. The number of ketones is 1. The molecular weight excluding hydrogens is 258 g/mol. The monoisotopic (exact) mass is 281 g/mol. The molecule has 4 atom stereocenters. The standard InChI is InChI=1S/C15H23NO4/c1-6-10-12(17)9(2)11-7-8-15(10,19-11)16-13(18)20-14(3,4)5/h7-11H,6H2,1-5H3,(H,16,18)/t9-,10+,11-,15+/m1/s1. The molecule has 2 bridgehead atoms. The lowest BCUT2D eigenvalue weighted by atomic mass is 9.81. The number of nitrogens with one attached hydrogen (secondary N) is 1. The van der Waals surface area contributed by atoms with Gasteiger partial charge in [0.1, 0.15) is 11.4 Å². The summed E-state index contributed by atoms with van der Waals surface area (Å²) in [5.41, 5.74) is -1.64. The highest BCUT2D eigenvalue weighted by Crippen LogP contribution is 2.41. The lowest BCUT2D eigenvalue weighted by Crippen LogP contribution is -2.61. The normalized spacial score (nSPS) is 36.0. The van der Waals surface area contributed by atoms with Crippen LogP contribution in [-0.4, -0.2) is 29.3 Å². The maximum absolute atomic E-state index is 12.4. The van der Waals surface area contributed by atoms with E-state index in [0.29, 0.717) is 6.42 Å². The second-order valence-electron chi connectivity index (χ2n) is 6.51. The Morgan fingerprint density at radius 1 is 1.50 bits per heavy atom. The quantitative estimate of drug-likeness (QED) is 0.789. The Balaban J connectivity index is 2.19. The Morgan fingerprint density at radius 3 is 2.70 bits per heavy atom. The Labute approximate surface area is 119 Å². The second-order valence-corrected chi connectivity index (χ2v) is 6.51. The van der Waals surface area contributed by atoms with Gasteiger partial charge in [0, 0.05) is 5.92 Å². The van der Waals surface area contributed by atoms with Crippen molar-refractivity contribution in [2.45, 2.75) is 58.5 Å². The van der Waals surface area contributed by atoms with E-state index in [-0.39, 0.29) is 23.7 Å². The molecule has 2 aliphatic rings. The topological polar surface area (TPSA) is 64.6 Å². The first-order valence-corrected chi connectivity index (χ1v) is 7.10. The Bertz CT molecular complexity index is 451. The van der Waals surface area contributed by atoms with Gasteiger partial charge in [0.2, 0.25) is 0 Å². The van der Waals surface area contributed by atoms with E-state index in [2.05, 4.69) is 5.32 Å². The average molecular weight is 281 g/mol. The molecule has 20 heavy (non-hydrogen) atoms. The van der Waals surface area contributed by atoms with Gasteiger partial charge in [-0.05, 0) is 33.3 Å². The van der Waals surface area contributed by atoms with Gasteiger partial charge in [0.05, 0.1) is 12.0 Å². The largest absolute Gasteiger partial charge is 0.444 e. The highest BCUT2D eigenvalue weighted by atomic mass is 16.6. The zero-order chi connectivity index (χ0) is 15.1. The molecule has 2 rings (SSSR count). The summed E-state index contributed by atoms with van der Waals surface area (Å²) < 4.78 is 11.2. The first kappa shape index (κ1) is 15.0. The number of carbonyl (C=O) groups excluding carboxylic acids is 2. The minimum Gasteiger partial charge on any atom is -0.444 e. The molecule has 5 heteroatoms. The third kappa shape index (κ3) is 2.59. The van der Waals surface area contributed by atoms with Crippen LogP contribution < -0.4 is 5.32 Å². The van der Waals surface area contributed by atoms with E-state index in [9.17, 15) is 9.59 Å². The van der Waals surface area contributed by atoms with Gasteiger partial charge in [-0.1, -0.05) is 19.9 Å². The van der Waals surface area contributed by atoms with E-state index in [4.69, 9.17) is 9.47 Å². The van der Waals surface area contributed by atoms with Gasteiger partial charge in [-0.25, -0.2) is 4.79 Å². The summed E-state index contributed by atoms with van der Waals surface area (Å²) in [6, 6.07) is 0. The fourth-order valence-electron chi connectivity index (χ4n) is 2.82. The zero-order valence-electron chi connectivity index (χ0n) is 12.7. The Morgan fingerprint density at radius 2 is 2.15 bits per heavy atom. The molecule has 112 valence electrons. The molecule has 0 spiro atoms. The van der Waals surface area contributed by atoms with E-state index in [1.54, 1.807) is 26.8 Å². The number of hydrogen-bond acceptors (Lipinski definition) is 4. The van der Waals surface area contributed by atoms with E-state index in [1.165, 1.54) is 0 Å². The molecule has 0 radical (unpaired) electrons. The summed E-state index contributed by atoms with van der Waals surface area (Å²) in [4.78, 5) is 24.4. The smallest absolute Gasteiger partial charge is 0.410 e. The SMILES string of the molecule is CC[C@H]1C(=O)[C@H](C)[C@H]2C=C[C@]1(NC(=O)OC(C)(C)C)O2. The first-order valence-electron chi connectivity index (χ1n) is 7.10. The predicted molar refractivity (Wildman–Crippen MR) is 74.1 cm³/mol. The van der Waals surface area contributed by atoms with Crippen LogP contribution in [0.15, 0.2) is 12.2 Å². The van der Waals surface area contributed by atoms with Crippen molar-refractivity contribution >= 4 is 11.9 Å². The minimum atomic E-state index is -1.05. The van der Waals surface area contributed by atoms with Crippen LogP contribution in [0.3, 0.4) is 0 Å². The van der Waals surface area contributed by atoms with Crippen LogP contribution in [0.2, 0.25) is 0 Å². The summed E-state index contributed by atoms with van der Waals surface area (Å²) >= 11 is 0. The molecule has 0 aromatic heterocycles. The highest BCUT2D eigenvalue weighted by Gasteiger charge is 2.54. The van der Waals surface area contributed by atoms with Crippen LogP contribution in [0, 0.1) is 11.8 Å². The lowest BCUT2D eigenvalue weighted by Gasteiger charge is -2.42. The van der Waals surface area contributed by atoms with Crippen molar-refractivity contribution in [3.05, 3.63) is 12.2 Å². The van der Waals surface area contributed by atoms with Crippen LogP contribution in [0.5, 0.6) is 0 Å². The summed E-state index contributed by atoms with van der Waals surface area (Å²) in [6.07, 6.45) is 3.42. The lowest BCUT2D eigenvalue weighted by molar-refractivity contribution is -0.166. The first-order chi connectivity index (χ1) is 9.18. The van der Waals surface area contributed by atoms with Crippen molar-refractivity contribution in [2.24, 2.45) is 11.8 Å². The van der Waals surface area contributed by atoms with Crippen molar-refractivity contribution in [1.82, 2.24) is 5.32 Å². The van der Waals surface area contributed by atoms with Gasteiger partial charge < -0.3 is 9.47 Å². The van der Waals surface area contributed by atoms with Gasteiger partial charge in [-0.2, -0.15) is 0 Å². The number of Topliss-reactive ketones (excluding diaryl/α,β-unsaturated/α-hetero) is 1. The molecule has 1 saturated heterocycles. The molecule has 2 heterocycles. The van der Waals surface area contributed by atoms with Crippen molar-refractivity contribution < 1.29 is 19.1 Å². The van der Waals surface area contributed by atoms with Gasteiger partial charge >= 0.3 is 6.09 Å². The molecule has 5 nitrogen and oxygen atoms in total. The van der Waals surface area contributed by atoms with E-state index in [0.717, 1.165) is 0 Å². The molecule has 0 aromatic carbocycles. The fourth-order valence-corrected chi connectivity index (χ4v) is 2.82. The van der Waals surface area contributed by atoms with Crippen LogP contribution in [0.25, 0.3) is 0 Å². The number of amides is 1. The average Bonchev–Trinajstić information content (AvgIpc) is 2.66. The molecule has 0 aromatic rings. The van der Waals surface area contributed by atoms with Crippen molar-refractivity contribution in [1.29, 1.82) is 0 Å². The molecule has 0 aliphatic carbocycles. The van der Waals surface area contributed by atoms with Crippen molar-refractivity contribution in [3.63, 3.8) is 0 Å². The van der Waals surface area contributed by atoms with Gasteiger partial charge in [-0.15, -0.1) is 0 Å². The third-order valence-corrected chi connectivity index (χ3v) is 3.77. The summed E-state index contributed by atoms with van der Waals surface area (Å²) in [6.45, 7) is 9.17. The van der Waals surface area contributed by atoms with E-state index >= 15 is 0 Å². The fraction of sp³-hybridized carbons (Fsp3) is 0.733. The number of alkyl carbamates (subject to hydrolysis) is 1. The van der Waals surface area contributed by atoms with Crippen LogP contribution in [-0.2, 0) is 14.3 Å². The minimum absolute atomic E-state index is 0.129. The Kier molecular flexibility index (Phi) is 3.67. The second kappa shape index (κ2) is 4.88. The maximum atomic E-state index is 12.4. The number of rotatable bonds is 2. The molecule has 0 unspecified atom stereocenters. The summed E-state index contributed by atoms with van der Waals surface area (Å²) in [7, 11) is 0. The highest BCUT2D eigenvalue weighted by molar-refractivity contribution is 5.87. The molecule has 1 fully saturated rings. The zero-order valence-corrected chi connectivity index (χ0v) is 12.7.